The van der Waals surface area contributed by atoms with Crippen LogP contribution in [0.2, 0.25) is 5.02 Å². The molecule has 0 fully saturated rings. The molecule has 2 aromatic carbocycles. The molecule has 7 heteroatoms. The van der Waals surface area contributed by atoms with Gasteiger partial charge in [0, 0.05) is 11.1 Å². The van der Waals surface area contributed by atoms with Crippen molar-refractivity contribution in [1.29, 1.82) is 0 Å². The van der Waals surface area contributed by atoms with Gasteiger partial charge in [0.25, 0.3) is 11.6 Å². The Bertz CT molecular complexity index is 691. The quantitative estimate of drug-likeness (QED) is 0.694. The van der Waals surface area contributed by atoms with Gasteiger partial charge in [-0.25, -0.2) is 4.39 Å². The summed E-state index contributed by atoms with van der Waals surface area (Å²) in [6, 6.07) is 9.10. The lowest BCUT2D eigenvalue weighted by Crippen LogP contribution is -2.14. The molecule has 1 amide bonds. The number of carbonyl (C=O) groups is 1. The fraction of sp³-hybridized carbons (Fsp3) is 0. The molecule has 2 rings (SSSR count). The monoisotopic (exact) mass is 294 g/mol. The van der Waals surface area contributed by atoms with Gasteiger partial charge in [0.2, 0.25) is 0 Å². The molecule has 0 spiro atoms. The highest BCUT2D eigenvalue weighted by atomic mass is 35.5. The van der Waals surface area contributed by atoms with Gasteiger partial charge in [-0.05, 0) is 24.3 Å². The lowest BCUT2D eigenvalue weighted by Gasteiger charge is -2.07. The molecule has 0 aliphatic heterocycles. The minimum Gasteiger partial charge on any atom is -0.316 e. The Kier molecular flexibility index (Phi) is 3.95. The van der Waals surface area contributed by atoms with Gasteiger partial charge in [-0.3, -0.25) is 14.9 Å². The van der Waals surface area contributed by atoms with Crippen molar-refractivity contribution in [3.63, 3.8) is 0 Å². The van der Waals surface area contributed by atoms with Gasteiger partial charge in [-0.2, -0.15) is 0 Å². The zero-order valence-corrected chi connectivity index (χ0v) is 10.7. The van der Waals surface area contributed by atoms with Crippen LogP contribution in [-0.2, 0) is 0 Å². The van der Waals surface area contributed by atoms with Gasteiger partial charge in [0.05, 0.1) is 10.5 Å². The molecule has 0 aromatic heterocycles. The number of anilines is 1. The van der Waals surface area contributed by atoms with Crippen molar-refractivity contribution in [1.82, 2.24) is 0 Å². The second-order valence-corrected chi connectivity index (χ2v) is 4.29. The zero-order chi connectivity index (χ0) is 14.7. The zero-order valence-electron chi connectivity index (χ0n) is 9.97. The summed E-state index contributed by atoms with van der Waals surface area (Å²) in [5.74, 6) is -1.57. The van der Waals surface area contributed by atoms with Crippen molar-refractivity contribution in [2.24, 2.45) is 0 Å². The fourth-order valence-corrected chi connectivity index (χ4v) is 1.77. The molecule has 0 saturated heterocycles. The van der Waals surface area contributed by atoms with E-state index in [1.807, 2.05) is 0 Å². The first-order valence-electron chi connectivity index (χ1n) is 5.49. The lowest BCUT2D eigenvalue weighted by molar-refractivity contribution is -0.383. The van der Waals surface area contributed by atoms with Crippen LogP contribution >= 0.6 is 11.6 Å². The first-order valence-corrected chi connectivity index (χ1v) is 5.86. The van der Waals surface area contributed by atoms with Gasteiger partial charge in [-0.15, -0.1) is 0 Å². The number of nitrogens with zero attached hydrogens (tertiary/aromatic N) is 1. The van der Waals surface area contributed by atoms with Crippen LogP contribution in [0.25, 0.3) is 0 Å². The summed E-state index contributed by atoms with van der Waals surface area (Å²) in [6.45, 7) is 0. The molecule has 20 heavy (non-hydrogen) atoms. The third-order valence-corrected chi connectivity index (χ3v) is 2.76. The van der Waals surface area contributed by atoms with E-state index in [4.69, 9.17) is 11.6 Å². The maximum atomic E-state index is 13.5. The van der Waals surface area contributed by atoms with Gasteiger partial charge in [0.1, 0.15) is 11.5 Å². The summed E-state index contributed by atoms with van der Waals surface area (Å²) in [4.78, 5) is 22.1. The van der Waals surface area contributed by atoms with Crippen LogP contribution in [-0.4, -0.2) is 10.8 Å². The number of amides is 1. The predicted molar refractivity (Wildman–Crippen MR) is 72.5 cm³/mol. The molecule has 0 atom stereocenters. The van der Waals surface area contributed by atoms with Crippen LogP contribution in [0, 0.1) is 15.9 Å². The number of para-hydroxylation sites is 2. The summed E-state index contributed by atoms with van der Waals surface area (Å²) in [7, 11) is 0. The Hall–Kier alpha value is -2.47. The van der Waals surface area contributed by atoms with Crippen LogP contribution in [0.3, 0.4) is 0 Å². The second-order valence-electron chi connectivity index (χ2n) is 3.85. The number of nitro groups is 1. The minimum atomic E-state index is -0.806. The largest absolute Gasteiger partial charge is 0.316 e. The molecule has 0 radical (unpaired) electrons. The third kappa shape index (κ3) is 2.92. The molecule has 0 saturated carbocycles. The van der Waals surface area contributed by atoms with Gasteiger partial charge >= 0.3 is 0 Å². The Balaban J connectivity index is 2.33. The molecule has 0 aliphatic rings. The predicted octanol–water partition coefficient (Wildman–Crippen LogP) is 3.64. The summed E-state index contributed by atoms with van der Waals surface area (Å²) in [5, 5.41) is 13.3. The molecular weight excluding hydrogens is 287 g/mol. The van der Waals surface area contributed by atoms with Gasteiger partial charge in [-0.1, -0.05) is 23.7 Å². The van der Waals surface area contributed by atoms with Crippen molar-refractivity contribution in [2.75, 3.05) is 5.32 Å². The number of carbonyl (C=O) groups excluding carboxylic acids is 1. The first kappa shape index (κ1) is 14.0. The number of halogens is 2. The van der Waals surface area contributed by atoms with E-state index in [1.54, 1.807) is 0 Å². The highest BCUT2D eigenvalue weighted by Crippen LogP contribution is 2.24. The van der Waals surface area contributed by atoms with E-state index in [0.29, 0.717) is 0 Å². The molecule has 0 unspecified atom stereocenters. The Morgan fingerprint density at radius 1 is 1.25 bits per heavy atom. The normalized spacial score (nSPS) is 10.1. The van der Waals surface area contributed by atoms with Crippen molar-refractivity contribution >= 4 is 28.9 Å². The smallest absolute Gasteiger partial charge is 0.292 e. The van der Waals surface area contributed by atoms with Crippen molar-refractivity contribution < 1.29 is 14.1 Å². The molecular formula is C13H8ClFN2O3. The summed E-state index contributed by atoms with van der Waals surface area (Å²) < 4.78 is 13.5. The molecule has 0 aliphatic carbocycles. The van der Waals surface area contributed by atoms with Crippen molar-refractivity contribution in [3.8, 4) is 0 Å². The van der Waals surface area contributed by atoms with Crippen LogP contribution in [0.1, 0.15) is 10.4 Å². The topological polar surface area (TPSA) is 72.2 Å². The Morgan fingerprint density at radius 2 is 1.95 bits per heavy atom. The van der Waals surface area contributed by atoms with E-state index >= 15 is 0 Å². The van der Waals surface area contributed by atoms with E-state index in [0.717, 1.165) is 12.1 Å². The molecule has 2 aromatic rings. The number of nitro benzene ring substituents is 1. The van der Waals surface area contributed by atoms with E-state index in [1.165, 1.54) is 30.3 Å². The van der Waals surface area contributed by atoms with Crippen LogP contribution in [0.4, 0.5) is 15.8 Å². The van der Waals surface area contributed by atoms with Crippen LogP contribution in [0.15, 0.2) is 42.5 Å². The maximum Gasteiger partial charge on any atom is 0.292 e. The number of nitrogens with one attached hydrogen (secondary N) is 1. The second kappa shape index (κ2) is 5.66. The van der Waals surface area contributed by atoms with Gasteiger partial charge in [0.15, 0.2) is 0 Å². The van der Waals surface area contributed by atoms with Crippen LogP contribution in [0.5, 0.6) is 0 Å². The molecule has 0 heterocycles. The van der Waals surface area contributed by atoms with E-state index in [-0.39, 0.29) is 22.0 Å². The van der Waals surface area contributed by atoms with Crippen molar-refractivity contribution in [2.45, 2.75) is 0 Å². The SMILES string of the molecule is O=C(Nc1ccccc1[N+](=O)[O-])c1cc(Cl)ccc1F. The summed E-state index contributed by atoms with van der Waals surface area (Å²) in [6.07, 6.45) is 0. The Labute approximate surface area is 118 Å². The van der Waals surface area contributed by atoms with E-state index in [2.05, 4.69) is 5.32 Å². The number of rotatable bonds is 3. The lowest BCUT2D eigenvalue weighted by atomic mass is 10.2. The number of benzene rings is 2. The fourth-order valence-electron chi connectivity index (χ4n) is 1.60. The highest BCUT2D eigenvalue weighted by molar-refractivity contribution is 6.31. The first-order chi connectivity index (χ1) is 9.49. The van der Waals surface area contributed by atoms with Crippen molar-refractivity contribution in [3.05, 3.63) is 69.0 Å². The minimum absolute atomic E-state index is 0.0122. The highest BCUT2D eigenvalue weighted by Gasteiger charge is 2.18. The molecule has 1 N–H and O–H groups in total. The molecule has 0 bridgehead atoms. The summed E-state index contributed by atoms with van der Waals surface area (Å²) >= 11 is 5.69. The Morgan fingerprint density at radius 3 is 2.65 bits per heavy atom. The standard InChI is InChI=1S/C13H8ClFN2O3/c14-8-5-6-10(15)9(7-8)13(18)16-11-3-1-2-4-12(11)17(19)20/h1-7H,(H,16,18). The average Bonchev–Trinajstić information content (AvgIpc) is 2.41. The van der Waals surface area contributed by atoms with E-state index in [9.17, 15) is 19.3 Å². The van der Waals surface area contributed by atoms with Crippen LogP contribution < -0.4 is 5.32 Å². The molecule has 102 valence electrons. The molecule has 5 nitrogen and oxygen atoms in total. The van der Waals surface area contributed by atoms with Gasteiger partial charge < -0.3 is 5.32 Å². The third-order valence-electron chi connectivity index (χ3n) is 2.52. The number of hydrogen-bond donors (Lipinski definition) is 1. The maximum absolute atomic E-state index is 13.5. The summed E-state index contributed by atoms with van der Waals surface area (Å²) in [5.41, 5.74) is -0.569. The average molecular weight is 295 g/mol. The van der Waals surface area contributed by atoms with E-state index < -0.39 is 16.6 Å². The number of hydrogen-bond acceptors (Lipinski definition) is 3.